The first kappa shape index (κ1) is 13.4. The average molecular weight is 299 g/mol. The van der Waals surface area contributed by atoms with Gasteiger partial charge in [0.25, 0.3) is 5.91 Å². The largest absolute Gasteiger partial charge is 0.451 e. The Hall–Kier alpha value is -2.59. The number of nitrogens with zero attached hydrogens (tertiary/aromatic N) is 1. The van der Waals surface area contributed by atoms with Gasteiger partial charge in [-0.05, 0) is 48.5 Å². The van der Waals surface area contributed by atoms with Crippen LogP contribution in [0.3, 0.4) is 0 Å². The third-order valence-corrected chi connectivity index (χ3v) is 3.15. The zero-order valence-corrected chi connectivity index (χ0v) is 11.7. The zero-order valence-electron chi connectivity index (χ0n) is 10.9. The summed E-state index contributed by atoms with van der Waals surface area (Å²) in [5.41, 5.74) is 1.53. The molecule has 0 fully saturated rings. The summed E-state index contributed by atoms with van der Waals surface area (Å²) < 4.78 is 5.57. The smallest absolute Gasteiger partial charge is 0.291 e. The molecule has 3 rings (SSSR count). The molecule has 1 aromatic carbocycles. The maximum atomic E-state index is 12.1. The number of pyridine rings is 1. The van der Waals surface area contributed by atoms with Gasteiger partial charge >= 0.3 is 0 Å². The van der Waals surface area contributed by atoms with Gasteiger partial charge in [-0.1, -0.05) is 11.6 Å². The minimum atomic E-state index is -0.304. The van der Waals surface area contributed by atoms with Crippen molar-refractivity contribution in [3.63, 3.8) is 0 Å². The summed E-state index contributed by atoms with van der Waals surface area (Å²) in [6.07, 6.45) is 3.22. The van der Waals surface area contributed by atoms with Crippen LogP contribution in [0.25, 0.3) is 11.3 Å². The van der Waals surface area contributed by atoms with Crippen LogP contribution in [0.4, 0.5) is 5.69 Å². The Morgan fingerprint density at radius 3 is 2.43 bits per heavy atom. The fourth-order valence-electron chi connectivity index (χ4n) is 1.86. The maximum Gasteiger partial charge on any atom is 0.291 e. The number of benzene rings is 1. The first-order chi connectivity index (χ1) is 10.2. The number of carbonyl (C=O) groups is 1. The van der Waals surface area contributed by atoms with Crippen LogP contribution in [0.15, 0.2) is 65.3 Å². The number of aromatic nitrogens is 1. The number of nitrogens with one attached hydrogen (secondary N) is 1. The lowest BCUT2D eigenvalue weighted by Gasteiger charge is -2.02. The highest BCUT2D eigenvalue weighted by molar-refractivity contribution is 6.30. The van der Waals surface area contributed by atoms with Gasteiger partial charge in [0.1, 0.15) is 5.76 Å². The monoisotopic (exact) mass is 298 g/mol. The van der Waals surface area contributed by atoms with Gasteiger partial charge < -0.3 is 9.73 Å². The lowest BCUT2D eigenvalue weighted by molar-refractivity contribution is 0.0997. The van der Waals surface area contributed by atoms with Gasteiger partial charge in [-0.25, -0.2) is 0 Å². The molecule has 0 saturated carbocycles. The highest BCUT2D eigenvalue weighted by Gasteiger charge is 2.12. The Kier molecular flexibility index (Phi) is 3.71. The van der Waals surface area contributed by atoms with Gasteiger partial charge in [0.15, 0.2) is 5.76 Å². The van der Waals surface area contributed by atoms with Gasteiger partial charge in [0, 0.05) is 28.7 Å². The van der Waals surface area contributed by atoms with E-state index in [1.54, 1.807) is 48.8 Å². The molecule has 3 aromatic rings. The number of anilines is 1. The predicted molar refractivity (Wildman–Crippen MR) is 81.3 cm³/mol. The Labute approximate surface area is 126 Å². The third-order valence-electron chi connectivity index (χ3n) is 2.90. The minimum Gasteiger partial charge on any atom is -0.451 e. The van der Waals surface area contributed by atoms with E-state index in [1.165, 1.54) is 0 Å². The zero-order chi connectivity index (χ0) is 14.7. The molecular formula is C16H11ClN2O2. The van der Waals surface area contributed by atoms with Crippen LogP contribution in [0.5, 0.6) is 0 Å². The summed E-state index contributed by atoms with van der Waals surface area (Å²) in [6, 6.07) is 14.0. The lowest BCUT2D eigenvalue weighted by atomic mass is 10.2. The molecule has 1 amide bonds. The molecule has 21 heavy (non-hydrogen) atoms. The predicted octanol–water partition coefficient (Wildman–Crippen LogP) is 4.25. The van der Waals surface area contributed by atoms with Gasteiger partial charge in [-0.3, -0.25) is 9.78 Å². The van der Waals surface area contributed by atoms with Crippen LogP contribution in [0.1, 0.15) is 10.6 Å². The summed E-state index contributed by atoms with van der Waals surface area (Å²) in [7, 11) is 0. The normalized spacial score (nSPS) is 10.3. The second kappa shape index (κ2) is 5.81. The number of amides is 1. The number of rotatable bonds is 3. The van der Waals surface area contributed by atoms with Crippen LogP contribution in [-0.4, -0.2) is 10.9 Å². The molecule has 5 heteroatoms. The van der Waals surface area contributed by atoms with Gasteiger partial charge in [0.05, 0.1) is 0 Å². The van der Waals surface area contributed by atoms with Crippen molar-refractivity contribution in [1.82, 2.24) is 4.98 Å². The molecule has 0 aliphatic heterocycles. The van der Waals surface area contributed by atoms with E-state index in [9.17, 15) is 4.79 Å². The van der Waals surface area contributed by atoms with Gasteiger partial charge in [-0.15, -0.1) is 0 Å². The number of halogens is 1. The van der Waals surface area contributed by atoms with E-state index in [2.05, 4.69) is 10.3 Å². The maximum absolute atomic E-state index is 12.1. The summed E-state index contributed by atoms with van der Waals surface area (Å²) >= 11 is 5.85. The molecule has 0 spiro atoms. The van der Waals surface area contributed by atoms with E-state index in [1.807, 2.05) is 12.1 Å². The van der Waals surface area contributed by atoms with Crippen LogP contribution in [-0.2, 0) is 0 Å². The van der Waals surface area contributed by atoms with Crippen molar-refractivity contribution < 1.29 is 9.21 Å². The van der Waals surface area contributed by atoms with Crippen molar-refractivity contribution in [3.05, 3.63) is 71.7 Å². The highest BCUT2D eigenvalue weighted by atomic mass is 35.5. The molecule has 0 bridgehead atoms. The SMILES string of the molecule is O=C(Nc1ccncc1)c1ccc(-c2ccc(Cl)cc2)o1. The van der Waals surface area contributed by atoms with E-state index >= 15 is 0 Å². The van der Waals surface area contributed by atoms with Crippen LogP contribution < -0.4 is 5.32 Å². The summed E-state index contributed by atoms with van der Waals surface area (Å²) in [5, 5.41) is 3.39. The van der Waals surface area contributed by atoms with Crippen LogP contribution in [0.2, 0.25) is 5.02 Å². The number of furan rings is 1. The standard InChI is InChI=1S/C16H11ClN2O2/c17-12-3-1-11(2-4-12)14-5-6-15(21-14)16(20)19-13-7-9-18-10-8-13/h1-10H,(H,18,19,20). The summed E-state index contributed by atoms with van der Waals surface area (Å²) in [4.78, 5) is 16.0. The topological polar surface area (TPSA) is 55.1 Å². The molecule has 104 valence electrons. The molecule has 2 aromatic heterocycles. The van der Waals surface area contributed by atoms with Crippen molar-refractivity contribution in [2.45, 2.75) is 0 Å². The molecule has 4 nitrogen and oxygen atoms in total. The van der Waals surface area contributed by atoms with E-state index in [0.717, 1.165) is 5.56 Å². The van der Waals surface area contributed by atoms with Crippen LogP contribution in [0, 0.1) is 0 Å². The second-order valence-corrected chi connectivity index (χ2v) is 4.80. The van der Waals surface area contributed by atoms with Crippen LogP contribution >= 0.6 is 11.6 Å². The molecule has 1 N–H and O–H groups in total. The summed E-state index contributed by atoms with van der Waals surface area (Å²) in [5.74, 6) is 0.560. The Bertz CT molecular complexity index is 751. The molecule has 2 heterocycles. The van der Waals surface area contributed by atoms with Crippen molar-refractivity contribution >= 4 is 23.2 Å². The molecule has 0 unspecified atom stereocenters. The first-order valence-corrected chi connectivity index (χ1v) is 6.67. The van der Waals surface area contributed by atoms with Gasteiger partial charge in [-0.2, -0.15) is 0 Å². The van der Waals surface area contributed by atoms with E-state index in [0.29, 0.717) is 16.5 Å². The van der Waals surface area contributed by atoms with Crippen molar-refractivity contribution in [3.8, 4) is 11.3 Å². The molecule has 0 radical (unpaired) electrons. The van der Waals surface area contributed by atoms with Crippen molar-refractivity contribution in [2.75, 3.05) is 5.32 Å². The van der Waals surface area contributed by atoms with E-state index < -0.39 is 0 Å². The summed E-state index contributed by atoms with van der Waals surface area (Å²) in [6.45, 7) is 0. The fraction of sp³-hybridized carbons (Fsp3) is 0. The molecule has 0 saturated heterocycles. The number of hydrogen-bond donors (Lipinski definition) is 1. The van der Waals surface area contributed by atoms with Gasteiger partial charge in [0.2, 0.25) is 0 Å². The Balaban J connectivity index is 1.78. The Morgan fingerprint density at radius 2 is 1.71 bits per heavy atom. The van der Waals surface area contributed by atoms with Crippen molar-refractivity contribution in [2.24, 2.45) is 0 Å². The Morgan fingerprint density at radius 1 is 1.00 bits per heavy atom. The molecular weight excluding hydrogens is 288 g/mol. The average Bonchev–Trinajstić information content (AvgIpc) is 2.99. The quantitative estimate of drug-likeness (QED) is 0.786. The molecule has 0 aliphatic rings. The highest BCUT2D eigenvalue weighted by Crippen LogP contribution is 2.24. The number of hydrogen-bond acceptors (Lipinski definition) is 3. The third kappa shape index (κ3) is 3.12. The fourth-order valence-corrected chi connectivity index (χ4v) is 1.98. The second-order valence-electron chi connectivity index (χ2n) is 4.36. The first-order valence-electron chi connectivity index (χ1n) is 6.29. The van der Waals surface area contributed by atoms with E-state index in [-0.39, 0.29) is 11.7 Å². The van der Waals surface area contributed by atoms with Crippen molar-refractivity contribution in [1.29, 1.82) is 0 Å². The van der Waals surface area contributed by atoms with E-state index in [4.69, 9.17) is 16.0 Å². The molecule has 0 aliphatic carbocycles. The molecule has 0 atom stereocenters. The lowest BCUT2D eigenvalue weighted by Crippen LogP contribution is -2.10. The minimum absolute atomic E-state index is 0.247. The number of carbonyl (C=O) groups excluding carboxylic acids is 1.